The van der Waals surface area contributed by atoms with Gasteiger partial charge in [-0.2, -0.15) is 0 Å². The Morgan fingerprint density at radius 1 is 0.333 bits per heavy atom. The van der Waals surface area contributed by atoms with Crippen molar-refractivity contribution in [2.24, 2.45) is 0 Å². The van der Waals surface area contributed by atoms with Crippen LogP contribution in [0.25, 0.3) is 55.6 Å². The first-order chi connectivity index (χ1) is 17.4. The van der Waals surface area contributed by atoms with Crippen LogP contribution in [0.3, 0.4) is 0 Å². The van der Waals surface area contributed by atoms with E-state index in [9.17, 15) is 17.6 Å². The fourth-order valence-corrected chi connectivity index (χ4v) is 4.01. The Kier molecular flexibility index (Phi) is 4.85. The lowest BCUT2D eigenvalue weighted by atomic mass is 10.0. The summed E-state index contributed by atoms with van der Waals surface area (Å²) in [7, 11) is 0. The first-order valence-electron chi connectivity index (χ1n) is 10.5. The summed E-state index contributed by atoms with van der Waals surface area (Å²) in [5, 5.41) is 0. The highest BCUT2D eigenvalue weighted by Gasteiger charge is 2.27. The van der Waals surface area contributed by atoms with Gasteiger partial charge in [0.2, 0.25) is 0 Å². The molecule has 0 bridgehead atoms. The highest BCUT2D eigenvalue weighted by molar-refractivity contribution is 5.98. The minimum Gasteiger partial charge on any atom is -0.241 e. The zero-order chi connectivity index (χ0) is 25.1. The van der Waals surface area contributed by atoms with E-state index in [1.807, 2.05) is 0 Å². The van der Waals surface area contributed by atoms with Gasteiger partial charge in [0.15, 0.2) is 34.9 Å². The smallest absolute Gasteiger partial charge is 0.199 e. The number of rotatable bonds is 2. The standard InChI is InChI=1S/C26H10F6N4/c27-13-14(28)16(30)22-21(15(13)29)35-25-17(31)23-24(18(32)26(25)36-22)34-20(12-9-5-2-6-10-12)19(33-23)11-7-3-1-4-8-11/h1-10H. The fourth-order valence-electron chi connectivity index (χ4n) is 4.01. The molecule has 176 valence electrons. The molecule has 0 N–H and O–H groups in total. The third-order valence-electron chi connectivity index (χ3n) is 5.71. The molecule has 0 saturated carbocycles. The summed E-state index contributed by atoms with van der Waals surface area (Å²) in [4.78, 5) is 15.8. The van der Waals surface area contributed by atoms with E-state index in [1.54, 1.807) is 60.7 Å². The molecular formula is C26H10F6N4. The average Bonchev–Trinajstić information content (AvgIpc) is 2.93. The van der Waals surface area contributed by atoms with Gasteiger partial charge in [-0.25, -0.2) is 46.3 Å². The van der Waals surface area contributed by atoms with E-state index in [0.717, 1.165) is 0 Å². The van der Waals surface area contributed by atoms with Crippen molar-refractivity contribution in [3.8, 4) is 22.5 Å². The van der Waals surface area contributed by atoms with Crippen LogP contribution in [-0.4, -0.2) is 19.9 Å². The summed E-state index contributed by atoms with van der Waals surface area (Å²) >= 11 is 0. The molecular weight excluding hydrogens is 482 g/mol. The number of halogens is 6. The van der Waals surface area contributed by atoms with E-state index in [0.29, 0.717) is 11.1 Å². The summed E-state index contributed by atoms with van der Waals surface area (Å²) in [5.41, 5.74) is -3.37. The number of nitrogens with zero attached hydrogens (tertiary/aromatic N) is 4. The zero-order valence-electron chi connectivity index (χ0n) is 17.8. The molecule has 2 aromatic heterocycles. The van der Waals surface area contributed by atoms with Gasteiger partial charge in [-0.1, -0.05) is 60.7 Å². The van der Waals surface area contributed by atoms with Gasteiger partial charge in [-0.15, -0.1) is 0 Å². The van der Waals surface area contributed by atoms with Crippen molar-refractivity contribution in [2.45, 2.75) is 0 Å². The van der Waals surface area contributed by atoms with Crippen molar-refractivity contribution in [1.29, 1.82) is 0 Å². The Balaban J connectivity index is 1.77. The summed E-state index contributed by atoms with van der Waals surface area (Å²) in [6, 6.07) is 17.3. The lowest BCUT2D eigenvalue weighted by Crippen LogP contribution is -2.06. The van der Waals surface area contributed by atoms with Crippen LogP contribution in [-0.2, 0) is 0 Å². The first-order valence-corrected chi connectivity index (χ1v) is 10.5. The second-order valence-electron chi connectivity index (χ2n) is 7.85. The van der Waals surface area contributed by atoms with E-state index in [2.05, 4.69) is 19.9 Å². The van der Waals surface area contributed by atoms with Crippen molar-refractivity contribution in [3.05, 3.63) is 95.6 Å². The summed E-state index contributed by atoms with van der Waals surface area (Å²) in [6.07, 6.45) is 0. The van der Waals surface area contributed by atoms with Crippen molar-refractivity contribution in [2.75, 3.05) is 0 Å². The van der Waals surface area contributed by atoms with E-state index in [-0.39, 0.29) is 11.4 Å². The topological polar surface area (TPSA) is 51.6 Å². The molecule has 6 rings (SSSR count). The molecule has 0 radical (unpaired) electrons. The van der Waals surface area contributed by atoms with Crippen LogP contribution in [0.5, 0.6) is 0 Å². The minimum absolute atomic E-state index is 0.228. The van der Waals surface area contributed by atoms with Gasteiger partial charge < -0.3 is 0 Å². The maximum atomic E-state index is 15.7. The van der Waals surface area contributed by atoms with E-state index in [4.69, 9.17) is 0 Å². The van der Waals surface area contributed by atoms with Crippen LogP contribution in [0, 0.1) is 34.9 Å². The zero-order valence-corrected chi connectivity index (χ0v) is 17.8. The van der Waals surface area contributed by atoms with Crippen LogP contribution in [0.4, 0.5) is 26.3 Å². The van der Waals surface area contributed by atoms with E-state index in [1.165, 1.54) is 0 Å². The second kappa shape index (κ2) is 7.98. The van der Waals surface area contributed by atoms with Crippen LogP contribution in [0.1, 0.15) is 0 Å². The monoisotopic (exact) mass is 492 g/mol. The molecule has 4 nitrogen and oxygen atoms in total. The number of hydrogen-bond acceptors (Lipinski definition) is 4. The molecule has 0 atom stereocenters. The van der Waals surface area contributed by atoms with Crippen LogP contribution in [0.15, 0.2) is 60.7 Å². The number of fused-ring (bicyclic) bond motifs is 3. The summed E-state index contributed by atoms with van der Waals surface area (Å²) in [5.74, 6) is -10.5. The fraction of sp³-hybridized carbons (Fsp3) is 0. The van der Waals surface area contributed by atoms with E-state index >= 15 is 8.78 Å². The maximum Gasteiger partial charge on any atom is 0.199 e. The number of hydrogen-bond donors (Lipinski definition) is 0. The number of aromatic nitrogens is 4. The molecule has 0 spiro atoms. The molecule has 0 amide bonds. The molecule has 0 aliphatic carbocycles. The predicted molar refractivity (Wildman–Crippen MR) is 121 cm³/mol. The van der Waals surface area contributed by atoms with Gasteiger partial charge in [0.25, 0.3) is 0 Å². The molecule has 0 fully saturated rings. The third-order valence-corrected chi connectivity index (χ3v) is 5.71. The normalized spacial score (nSPS) is 11.6. The SMILES string of the molecule is Fc1c(F)c(F)c2nc3c(F)c4nc(-c5ccccc5)c(-c5ccccc5)nc4c(F)c3nc2c1F. The molecule has 0 unspecified atom stereocenters. The predicted octanol–water partition coefficient (Wildman–Crippen LogP) is 6.89. The summed E-state index contributed by atoms with van der Waals surface area (Å²) in [6.45, 7) is 0. The highest BCUT2D eigenvalue weighted by Crippen LogP contribution is 2.36. The molecule has 0 aliphatic rings. The molecule has 0 aliphatic heterocycles. The Bertz CT molecular complexity index is 1710. The van der Waals surface area contributed by atoms with Crippen LogP contribution >= 0.6 is 0 Å². The van der Waals surface area contributed by atoms with Crippen LogP contribution < -0.4 is 0 Å². The van der Waals surface area contributed by atoms with Gasteiger partial charge in [-0.05, 0) is 0 Å². The maximum absolute atomic E-state index is 15.7. The Hall–Kier alpha value is -4.60. The first kappa shape index (κ1) is 21.9. The molecule has 6 aromatic rings. The van der Waals surface area contributed by atoms with Gasteiger partial charge in [0.1, 0.15) is 33.1 Å². The van der Waals surface area contributed by atoms with Crippen molar-refractivity contribution >= 4 is 33.1 Å². The molecule has 10 heteroatoms. The van der Waals surface area contributed by atoms with Crippen molar-refractivity contribution in [3.63, 3.8) is 0 Å². The lowest BCUT2D eigenvalue weighted by Gasteiger charge is -2.13. The third kappa shape index (κ3) is 3.10. The van der Waals surface area contributed by atoms with Crippen molar-refractivity contribution in [1.82, 2.24) is 19.9 Å². The second-order valence-corrected chi connectivity index (χ2v) is 7.85. The van der Waals surface area contributed by atoms with Gasteiger partial charge >= 0.3 is 0 Å². The van der Waals surface area contributed by atoms with Gasteiger partial charge in [0, 0.05) is 11.1 Å². The molecule has 2 heterocycles. The van der Waals surface area contributed by atoms with Gasteiger partial charge in [0.05, 0.1) is 11.4 Å². The lowest BCUT2D eigenvalue weighted by molar-refractivity contribution is 0.416. The number of benzene rings is 4. The minimum atomic E-state index is -2.14. The van der Waals surface area contributed by atoms with Gasteiger partial charge in [-0.3, -0.25) is 0 Å². The van der Waals surface area contributed by atoms with E-state index < -0.39 is 68.0 Å². The van der Waals surface area contributed by atoms with Crippen molar-refractivity contribution < 1.29 is 26.3 Å². The largest absolute Gasteiger partial charge is 0.241 e. The Labute approximate surface area is 197 Å². The molecule has 0 saturated heterocycles. The highest BCUT2D eigenvalue weighted by atomic mass is 19.2. The van der Waals surface area contributed by atoms with Crippen LogP contribution in [0.2, 0.25) is 0 Å². The quantitative estimate of drug-likeness (QED) is 0.114. The Morgan fingerprint density at radius 2 is 0.639 bits per heavy atom. The molecule has 4 aromatic carbocycles. The summed E-state index contributed by atoms with van der Waals surface area (Å²) < 4.78 is 87.4. The average molecular weight is 492 g/mol. The molecule has 36 heavy (non-hydrogen) atoms. The Morgan fingerprint density at radius 3 is 1.00 bits per heavy atom.